The second kappa shape index (κ2) is 25.1. The van der Waals surface area contributed by atoms with Gasteiger partial charge in [0.05, 0.1) is 35.1 Å². The van der Waals surface area contributed by atoms with E-state index in [0.717, 1.165) is 50.5 Å². The summed E-state index contributed by atoms with van der Waals surface area (Å²) in [6.07, 6.45) is 4.92. The number of aromatic nitrogens is 12. The van der Waals surface area contributed by atoms with E-state index in [2.05, 4.69) is 65.8 Å². The third-order valence-electron chi connectivity index (χ3n) is 13.1. The zero-order chi connectivity index (χ0) is 57.2. The van der Waals surface area contributed by atoms with Gasteiger partial charge >= 0.3 is 12.4 Å². The van der Waals surface area contributed by atoms with Crippen LogP contribution in [0.3, 0.4) is 0 Å². The summed E-state index contributed by atoms with van der Waals surface area (Å²) in [5, 5.41) is 17.7. The molecule has 2 aliphatic heterocycles. The number of H-pyrrole nitrogens is 3. The first-order valence-electron chi connectivity index (χ1n) is 25.5. The number of hydrogen-bond acceptors (Lipinski definition) is 15. The molecule has 0 saturated carbocycles. The van der Waals surface area contributed by atoms with Crippen LogP contribution in [0.15, 0.2) is 115 Å². The van der Waals surface area contributed by atoms with E-state index >= 15 is 0 Å². The van der Waals surface area contributed by atoms with Crippen molar-refractivity contribution in [1.82, 2.24) is 70.5 Å². The number of aromatic amines is 3. The summed E-state index contributed by atoms with van der Waals surface area (Å²) in [5.74, 6) is 0.236. The maximum Gasteiger partial charge on any atom is 0.390 e. The second-order valence-electron chi connectivity index (χ2n) is 18.8. The number of amides is 2. The number of carbonyl (C=O) groups is 2. The Balaban J connectivity index is 0.000000154. The molecule has 28 heteroatoms. The van der Waals surface area contributed by atoms with E-state index in [4.69, 9.17) is 4.18 Å². The van der Waals surface area contributed by atoms with Crippen molar-refractivity contribution in [3.8, 4) is 0 Å². The number of rotatable bonds is 16. The Morgan fingerprint density at radius 3 is 1.81 bits per heavy atom. The number of pyridine rings is 2. The number of carbonyl (C=O) groups excluding carboxylic acids is 2. The van der Waals surface area contributed by atoms with E-state index in [1.807, 2.05) is 53.1 Å². The molecule has 10 heterocycles. The van der Waals surface area contributed by atoms with Crippen LogP contribution in [-0.4, -0.2) is 125 Å². The molecule has 1 aromatic carbocycles. The number of hydrogen-bond donors (Lipinski definition) is 5. The molecule has 0 atom stereocenters. The average Bonchev–Trinajstić information content (AvgIpc) is 4.40. The van der Waals surface area contributed by atoms with Gasteiger partial charge in [-0.05, 0) is 67.3 Å². The minimum absolute atomic E-state index is 0.113. The molecule has 2 amide bonds. The van der Waals surface area contributed by atoms with Crippen LogP contribution in [0.2, 0.25) is 0 Å². The van der Waals surface area contributed by atoms with Gasteiger partial charge in [0.1, 0.15) is 35.6 Å². The summed E-state index contributed by atoms with van der Waals surface area (Å²) >= 11 is 0. The molecule has 0 unspecified atom stereocenters. The normalized spacial score (nSPS) is 13.4. The molecule has 0 fully saturated rings. The van der Waals surface area contributed by atoms with E-state index in [1.54, 1.807) is 66.1 Å². The second-order valence-corrected chi connectivity index (χ2v) is 20.4. The third-order valence-corrected chi connectivity index (χ3v) is 14.5. The van der Waals surface area contributed by atoms with Crippen molar-refractivity contribution < 1.29 is 48.5 Å². The van der Waals surface area contributed by atoms with Crippen molar-refractivity contribution in [2.75, 3.05) is 42.6 Å². The largest absolute Gasteiger partial charge is 0.390 e. The Bertz CT molecular complexity index is 3690. The van der Waals surface area contributed by atoms with Crippen LogP contribution in [0, 0.1) is 6.92 Å². The number of aryl methyl sites for hydroxylation is 3. The number of benzene rings is 1. The Kier molecular flexibility index (Phi) is 17.7. The van der Waals surface area contributed by atoms with E-state index in [0.29, 0.717) is 80.8 Å². The predicted octanol–water partition coefficient (Wildman–Crippen LogP) is 7.30. The molecule has 0 aliphatic carbocycles. The highest BCUT2D eigenvalue weighted by Gasteiger charge is 2.33. The van der Waals surface area contributed by atoms with Gasteiger partial charge in [-0.3, -0.25) is 33.5 Å². The molecule has 11 rings (SSSR count). The molecular formula is C53H54F6N16O5S. The molecule has 81 heavy (non-hydrogen) atoms. The van der Waals surface area contributed by atoms with Gasteiger partial charge in [-0.1, -0.05) is 29.8 Å². The summed E-state index contributed by atoms with van der Waals surface area (Å²) in [6, 6.07) is 17.9. The molecule has 0 spiro atoms. The summed E-state index contributed by atoms with van der Waals surface area (Å²) in [7, 11) is -3.67. The van der Waals surface area contributed by atoms with Gasteiger partial charge in [-0.2, -0.15) is 45.0 Å². The highest BCUT2D eigenvalue weighted by molar-refractivity contribution is 7.86. The molecule has 8 aromatic heterocycles. The molecule has 0 radical (unpaired) electrons. The maximum atomic E-state index is 12.9. The van der Waals surface area contributed by atoms with E-state index in [1.165, 1.54) is 12.7 Å². The number of fused-ring (bicyclic) bond motifs is 4. The van der Waals surface area contributed by atoms with E-state index in [-0.39, 0.29) is 22.9 Å². The van der Waals surface area contributed by atoms with Crippen LogP contribution in [0.25, 0.3) is 22.1 Å². The number of nitrogens with one attached hydrogen (secondary N) is 5. The van der Waals surface area contributed by atoms with E-state index < -0.39 is 60.2 Å². The summed E-state index contributed by atoms with van der Waals surface area (Å²) in [4.78, 5) is 60.8. The molecule has 424 valence electrons. The Morgan fingerprint density at radius 2 is 1.25 bits per heavy atom. The molecular weight excluding hydrogens is 1090 g/mol. The van der Waals surface area contributed by atoms with Gasteiger partial charge in [0.15, 0.2) is 11.4 Å². The highest BCUT2D eigenvalue weighted by Crippen LogP contribution is 2.32. The first-order valence-corrected chi connectivity index (χ1v) is 26.9. The van der Waals surface area contributed by atoms with Gasteiger partial charge < -0.3 is 30.4 Å². The lowest BCUT2D eigenvalue weighted by Crippen LogP contribution is -2.34. The minimum atomic E-state index is -4.35. The fourth-order valence-electron chi connectivity index (χ4n) is 9.10. The Labute approximate surface area is 459 Å². The smallest absolute Gasteiger partial charge is 0.351 e. The van der Waals surface area contributed by atoms with Crippen molar-refractivity contribution in [2.24, 2.45) is 0 Å². The quantitative estimate of drug-likeness (QED) is 0.0469. The number of halogens is 6. The van der Waals surface area contributed by atoms with Crippen molar-refractivity contribution >= 4 is 55.6 Å². The fourth-order valence-corrected chi connectivity index (χ4v) is 10.0. The van der Waals surface area contributed by atoms with Crippen LogP contribution < -0.4 is 20.4 Å². The lowest BCUT2D eigenvalue weighted by molar-refractivity contribution is -0.134. The van der Waals surface area contributed by atoms with Crippen LogP contribution >= 0.6 is 0 Å². The fraction of sp³-hybridized carbons (Fsp3) is 0.321. The van der Waals surface area contributed by atoms with Gasteiger partial charge in [-0.25, -0.2) is 19.9 Å². The monoisotopic (exact) mass is 1140 g/mol. The molecule has 5 N–H and O–H groups in total. The number of alkyl halides is 6. The molecule has 9 aromatic rings. The molecule has 0 saturated heterocycles. The Hall–Kier alpha value is -8.79. The SMILES string of the molecule is Cc1ccc(S(=O)(=O)OCCc2cccnc2)cc1.O=C(NCCC(F)(F)F)c1n[nH]c2c1CN(c1ncnc3[nH]ccc13)CC2.O=C(NCCC(F)(F)F)c1nn(CCc2cccnc2)c2c1CN(c1ncnc3[nH]ccc13)CC2. The van der Waals surface area contributed by atoms with E-state index in [9.17, 15) is 44.3 Å². The van der Waals surface area contributed by atoms with Crippen molar-refractivity contribution in [1.29, 1.82) is 0 Å². The molecule has 21 nitrogen and oxygen atoms in total. The minimum Gasteiger partial charge on any atom is -0.351 e. The number of nitrogens with zero attached hydrogens (tertiary/aromatic N) is 11. The predicted molar refractivity (Wildman–Crippen MR) is 284 cm³/mol. The van der Waals surface area contributed by atoms with Gasteiger partial charge in [-0.15, -0.1) is 0 Å². The van der Waals surface area contributed by atoms with Crippen molar-refractivity contribution in [3.05, 3.63) is 161 Å². The first-order chi connectivity index (χ1) is 38.9. The molecule has 2 aliphatic rings. The lowest BCUT2D eigenvalue weighted by Gasteiger charge is -2.29. The van der Waals surface area contributed by atoms with Crippen LogP contribution in [0.4, 0.5) is 38.0 Å². The average molecular weight is 1140 g/mol. The zero-order valence-corrected chi connectivity index (χ0v) is 44.2. The van der Waals surface area contributed by atoms with Crippen LogP contribution in [-0.2, 0) is 59.6 Å². The summed E-state index contributed by atoms with van der Waals surface area (Å²) in [6.45, 7) is 3.62. The number of anilines is 2. The summed E-state index contributed by atoms with van der Waals surface area (Å²) < 4.78 is 105. The summed E-state index contributed by atoms with van der Waals surface area (Å²) in [5.41, 5.74) is 7.77. The van der Waals surface area contributed by atoms with Crippen molar-refractivity contribution in [3.63, 3.8) is 0 Å². The topological polar surface area (TPSA) is 263 Å². The van der Waals surface area contributed by atoms with Gasteiger partial charge in [0, 0.05) is 118 Å². The first kappa shape index (κ1) is 56.9. The third kappa shape index (κ3) is 14.7. The van der Waals surface area contributed by atoms with Crippen molar-refractivity contribution in [2.45, 2.75) is 82.3 Å². The van der Waals surface area contributed by atoms with Gasteiger partial charge in [0.25, 0.3) is 21.9 Å². The maximum absolute atomic E-state index is 12.9. The van der Waals surface area contributed by atoms with Crippen LogP contribution in [0.5, 0.6) is 0 Å². The van der Waals surface area contributed by atoms with Gasteiger partial charge in [0.2, 0.25) is 0 Å². The standard InChI is InChI=1S/C23H23F3N8O.C16H16F3N7O.C14H15NO3S/c24-23(25,26)6-9-29-22(35)19-17-13-33(21-16-3-8-28-20(16)30-14-31-21)10-5-18(17)34(32-19)11-4-15-2-1-7-27-12-15;17-16(18,19)3-5-21-15(27)12-10-7-26(6-2-11(10)24-25-12)14-9-1-4-20-13(9)22-8-23-14;1-12-4-6-14(7-5-12)19(16,17)18-10-8-13-3-2-9-15-11-13/h1-3,7-8,12,14H,4-6,9-11,13H2,(H,29,35)(H,28,30,31);1,4,8H,2-3,5-7H2,(H,21,27)(H,24,25)(H,20,22,23);2-7,9,11H,8,10H2,1H3. The highest BCUT2D eigenvalue weighted by atomic mass is 32.2. The zero-order valence-electron chi connectivity index (χ0n) is 43.4. The molecule has 0 bridgehead atoms. The Morgan fingerprint density at radius 1 is 0.691 bits per heavy atom. The lowest BCUT2D eigenvalue weighted by atomic mass is 10.0. The van der Waals surface area contributed by atoms with Crippen LogP contribution in [0.1, 0.15) is 73.0 Å².